The molecule has 112 valence electrons. The third-order valence-electron chi connectivity index (χ3n) is 4.95. The zero-order chi connectivity index (χ0) is 14.9. The van der Waals surface area contributed by atoms with Crippen molar-refractivity contribution >= 4 is 22.1 Å². The lowest BCUT2D eigenvalue weighted by atomic mass is 9.95. The number of nitrogens with two attached hydrogens (primary N) is 1. The van der Waals surface area contributed by atoms with Crippen molar-refractivity contribution in [2.75, 3.05) is 31.7 Å². The van der Waals surface area contributed by atoms with Gasteiger partial charge < -0.3 is 16.0 Å². The van der Waals surface area contributed by atoms with Crippen LogP contribution in [0.15, 0.2) is 30.6 Å². The molecular weight excluding hydrogens is 260 g/mol. The summed E-state index contributed by atoms with van der Waals surface area (Å²) < 4.78 is 0. The molecule has 1 aromatic carbocycles. The molecule has 0 aliphatic heterocycles. The van der Waals surface area contributed by atoms with Gasteiger partial charge in [-0.05, 0) is 39.1 Å². The Labute approximate surface area is 126 Å². The SMILES string of the molecule is CN(C)C1(CNc2ccc3cnccc3c2N)CCCC1. The largest absolute Gasteiger partial charge is 0.397 e. The summed E-state index contributed by atoms with van der Waals surface area (Å²) in [6, 6.07) is 6.13. The first-order valence-corrected chi connectivity index (χ1v) is 7.66. The van der Waals surface area contributed by atoms with Crippen molar-refractivity contribution in [1.82, 2.24) is 9.88 Å². The van der Waals surface area contributed by atoms with Gasteiger partial charge in [-0.15, -0.1) is 0 Å². The van der Waals surface area contributed by atoms with Gasteiger partial charge in [-0.2, -0.15) is 0 Å². The Morgan fingerprint density at radius 3 is 2.71 bits per heavy atom. The minimum atomic E-state index is 0.264. The maximum atomic E-state index is 6.32. The van der Waals surface area contributed by atoms with Crippen LogP contribution in [0.3, 0.4) is 0 Å². The first-order valence-electron chi connectivity index (χ1n) is 7.66. The molecule has 0 unspecified atom stereocenters. The summed E-state index contributed by atoms with van der Waals surface area (Å²) in [5.41, 5.74) is 8.43. The quantitative estimate of drug-likeness (QED) is 0.847. The molecule has 1 saturated carbocycles. The van der Waals surface area contributed by atoms with Gasteiger partial charge in [-0.1, -0.05) is 18.9 Å². The molecule has 4 nitrogen and oxygen atoms in total. The summed E-state index contributed by atoms with van der Waals surface area (Å²) in [5, 5.41) is 5.74. The molecule has 0 bridgehead atoms. The van der Waals surface area contributed by atoms with E-state index in [0.717, 1.165) is 28.7 Å². The normalized spacial score (nSPS) is 17.5. The van der Waals surface area contributed by atoms with Crippen molar-refractivity contribution in [3.05, 3.63) is 30.6 Å². The van der Waals surface area contributed by atoms with Crippen molar-refractivity contribution in [2.24, 2.45) is 0 Å². The van der Waals surface area contributed by atoms with Crippen LogP contribution >= 0.6 is 0 Å². The van der Waals surface area contributed by atoms with Gasteiger partial charge in [0.1, 0.15) is 0 Å². The van der Waals surface area contributed by atoms with Gasteiger partial charge in [0.2, 0.25) is 0 Å². The second kappa shape index (κ2) is 5.53. The average Bonchev–Trinajstić information content (AvgIpc) is 2.97. The number of aromatic nitrogens is 1. The zero-order valence-electron chi connectivity index (χ0n) is 12.9. The minimum Gasteiger partial charge on any atom is -0.397 e. The first-order chi connectivity index (χ1) is 10.1. The van der Waals surface area contributed by atoms with Crippen molar-refractivity contribution in [1.29, 1.82) is 0 Å². The lowest BCUT2D eigenvalue weighted by Crippen LogP contribution is -2.47. The van der Waals surface area contributed by atoms with Crippen LogP contribution in [-0.2, 0) is 0 Å². The highest BCUT2D eigenvalue weighted by molar-refractivity contribution is 5.98. The third-order valence-corrected chi connectivity index (χ3v) is 4.95. The van der Waals surface area contributed by atoms with Crippen molar-refractivity contribution in [2.45, 2.75) is 31.2 Å². The summed E-state index contributed by atoms with van der Waals surface area (Å²) >= 11 is 0. The number of hydrogen-bond acceptors (Lipinski definition) is 4. The van der Waals surface area contributed by atoms with E-state index in [0.29, 0.717) is 0 Å². The number of fused-ring (bicyclic) bond motifs is 1. The lowest BCUT2D eigenvalue weighted by Gasteiger charge is -2.37. The monoisotopic (exact) mass is 284 g/mol. The molecule has 0 radical (unpaired) electrons. The van der Waals surface area contributed by atoms with Crippen molar-refractivity contribution in [3.8, 4) is 0 Å². The van der Waals surface area contributed by atoms with E-state index in [4.69, 9.17) is 5.73 Å². The summed E-state index contributed by atoms with van der Waals surface area (Å²) in [5.74, 6) is 0. The van der Waals surface area contributed by atoms with Gasteiger partial charge in [0, 0.05) is 35.2 Å². The van der Waals surface area contributed by atoms with E-state index >= 15 is 0 Å². The molecule has 1 fully saturated rings. The number of pyridine rings is 1. The highest BCUT2D eigenvalue weighted by atomic mass is 15.2. The second-order valence-corrected chi connectivity index (χ2v) is 6.30. The van der Waals surface area contributed by atoms with E-state index in [-0.39, 0.29) is 5.54 Å². The van der Waals surface area contributed by atoms with Gasteiger partial charge in [0.25, 0.3) is 0 Å². The van der Waals surface area contributed by atoms with Crippen molar-refractivity contribution < 1.29 is 0 Å². The van der Waals surface area contributed by atoms with Crippen LogP contribution in [0, 0.1) is 0 Å². The first kappa shape index (κ1) is 14.1. The molecule has 1 aromatic heterocycles. The van der Waals surface area contributed by atoms with E-state index < -0.39 is 0 Å². The van der Waals surface area contributed by atoms with Crippen LogP contribution < -0.4 is 11.1 Å². The van der Waals surface area contributed by atoms with Gasteiger partial charge in [-0.25, -0.2) is 0 Å². The van der Waals surface area contributed by atoms with Crippen LogP contribution in [0.4, 0.5) is 11.4 Å². The molecule has 1 aliphatic carbocycles. The highest BCUT2D eigenvalue weighted by Gasteiger charge is 2.35. The predicted molar refractivity (Wildman–Crippen MR) is 89.5 cm³/mol. The van der Waals surface area contributed by atoms with Gasteiger partial charge in [0.05, 0.1) is 11.4 Å². The molecule has 4 heteroatoms. The van der Waals surface area contributed by atoms with E-state index in [1.54, 1.807) is 6.20 Å². The van der Waals surface area contributed by atoms with Gasteiger partial charge in [0.15, 0.2) is 0 Å². The molecular formula is C17H24N4. The predicted octanol–water partition coefficient (Wildman–Crippen LogP) is 3.10. The molecule has 0 spiro atoms. The molecule has 21 heavy (non-hydrogen) atoms. The van der Waals surface area contributed by atoms with Crippen LogP contribution in [0.5, 0.6) is 0 Å². The number of nitrogen functional groups attached to an aromatic ring is 1. The Balaban J connectivity index is 1.83. The Morgan fingerprint density at radius 2 is 2.00 bits per heavy atom. The van der Waals surface area contributed by atoms with Crippen LogP contribution in [0.1, 0.15) is 25.7 Å². The average molecular weight is 284 g/mol. The minimum absolute atomic E-state index is 0.264. The molecule has 3 rings (SSSR count). The molecule has 2 aromatic rings. The number of likely N-dealkylation sites (N-methyl/N-ethyl adjacent to an activating group) is 1. The summed E-state index contributed by atoms with van der Waals surface area (Å²) in [6.45, 7) is 0.945. The highest BCUT2D eigenvalue weighted by Crippen LogP contribution is 2.35. The Kier molecular flexibility index (Phi) is 3.72. The molecule has 0 atom stereocenters. The lowest BCUT2D eigenvalue weighted by molar-refractivity contribution is 0.172. The number of rotatable bonds is 4. The fourth-order valence-electron chi connectivity index (χ4n) is 3.42. The Bertz CT molecular complexity index is 630. The fourth-order valence-corrected chi connectivity index (χ4v) is 3.42. The number of nitrogens with zero attached hydrogens (tertiary/aromatic N) is 2. The standard InChI is InChI=1S/C17H24N4/c1-21(2)17(8-3-4-9-17)12-20-15-6-5-13-11-19-10-7-14(13)16(15)18/h5-7,10-11,20H,3-4,8-9,12,18H2,1-2H3. The molecule has 0 saturated heterocycles. The van der Waals surface area contributed by atoms with Crippen LogP contribution in [0.2, 0.25) is 0 Å². The van der Waals surface area contributed by atoms with E-state index in [2.05, 4.69) is 41.4 Å². The maximum absolute atomic E-state index is 6.32. The summed E-state index contributed by atoms with van der Waals surface area (Å²) in [6.07, 6.45) is 8.79. The smallest absolute Gasteiger partial charge is 0.0630 e. The number of nitrogens with one attached hydrogen (secondary N) is 1. The van der Waals surface area contributed by atoms with E-state index in [1.165, 1.54) is 25.7 Å². The van der Waals surface area contributed by atoms with Gasteiger partial charge >= 0.3 is 0 Å². The number of anilines is 2. The summed E-state index contributed by atoms with van der Waals surface area (Å²) in [4.78, 5) is 6.51. The van der Waals surface area contributed by atoms with E-state index in [1.807, 2.05) is 12.3 Å². The molecule has 1 heterocycles. The van der Waals surface area contributed by atoms with Crippen LogP contribution in [0.25, 0.3) is 10.8 Å². The molecule has 1 aliphatic rings. The molecule has 0 amide bonds. The Morgan fingerprint density at radius 1 is 1.24 bits per heavy atom. The second-order valence-electron chi connectivity index (χ2n) is 6.30. The zero-order valence-corrected chi connectivity index (χ0v) is 12.9. The molecule has 3 N–H and O–H groups in total. The van der Waals surface area contributed by atoms with Crippen LogP contribution in [-0.4, -0.2) is 36.1 Å². The topological polar surface area (TPSA) is 54.2 Å². The van der Waals surface area contributed by atoms with Gasteiger partial charge in [-0.3, -0.25) is 4.98 Å². The van der Waals surface area contributed by atoms with Crippen molar-refractivity contribution in [3.63, 3.8) is 0 Å². The van der Waals surface area contributed by atoms with E-state index in [9.17, 15) is 0 Å². The summed E-state index contributed by atoms with van der Waals surface area (Å²) in [7, 11) is 4.37. The fraction of sp³-hybridized carbons (Fsp3) is 0.471. The Hall–Kier alpha value is -1.81. The number of benzene rings is 1. The number of hydrogen-bond donors (Lipinski definition) is 2. The third kappa shape index (κ3) is 2.56. The maximum Gasteiger partial charge on any atom is 0.0630 e.